The van der Waals surface area contributed by atoms with E-state index in [2.05, 4.69) is 26.6 Å². The molecule has 0 bridgehead atoms. The number of nitrogens with zero attached hydrogens (tertiary/aromatic N) is 4. The minimum Gasteiger partial charge on any atom is -0.493 e. The van der Waals surface area contributed by atoms with Crippen LogP contribution in [0.15, 0.2) is 58.4 Å². The summed E-state index contributed by atoms with van der Waals surface area (Å²) in [6.07, 6.45) is 3.49. The van der Waals surface area contributed by atoms with Crippen molar-refractivity contribution >= 4 is 12.2 Å². The van der Waals surface area contributed by atoms with Gasteiger partial charge in [-0.1, -0.05) is 36.4 Å². The number of methoxy groups -OCH3 is 1. The predicted molar refractivity (Wildman–Crippen MR) is 124 cm³/mol. The molecule has 9 nitrogen and oxygen atoms in total. The number of aromatic amines is 1. The molecule has 3 aromatic rings. The first kappa shape index (κ1) is 23.0. The molecule has 3 rings (SSSR count). The van der Waals surface area contributed by atoms with Gasteiger partial charge in [-0.05, 0) is 25.0 Å². The maximum Gasteiger partial charge on any atom is 0.270 e. The number of hydrazone groups is 1. The molecule has 0 saturated heterocycles. The van der Waals surface area contributed by atoms with Crippen LogP contribution in [0.2, 0.25) is 0 Å². The smallest absolute Gasteiger partial charge is 0.270 e. The molecule has 0 aliphatic rings. The number of hydrogen-bond acceptors (Lipinski definition) is 8. The van der Waals surface area contributed by atoms with Crippen LogP contribution < -0.4 is 20.5 Å². The molecule has 1 heterocycles. The number of rotatable bonds is 10. The zero-order chi connectivity index (χ0) is 23.5. The fourth-order valence-electron chi connectivity index (χ4n) is 3.03. The Labute approximate surface area is 190 Å². The Morgan fingerprint density at radius 2 is 1.97 bits per heavy atom. The zero-order valence-electron chi connectivity index (χ0n) is 18.0. The highest BCUT2D eigenvalue weighted by Gasteiger charge is 2.13. The summed E-state index contributed by atoms with van der Waals surface area (Å²) < 4.78 is 11.3. The third-order valence-corrected chi connectivity index (χ3v) is 4.61. The number of nitriles is 2. The number of benzene rings is 2. The van der Waals surface area contributed by atoms with Crippen molar-refractivity contribution in [2.75, 3.05) is 19.1 Å². The van der Waals surface area contributed by atoms with E-state index < -0.39 is 5.56 Å². The Hall–Kier alpha value is -4.63. The summed E-state index contributed by atoms with van der Waals surface area (Å²) in [7, 11) is 1.55. The standard InChI is InChI=1S/C24H22N6O3/c1-32-20-12-8-11-18(22(20)33-14-7-3-6-13-25)16-27-30-24-28-21(17-9-4-2-5-10-17)19(15-26)23(31)29-24/h2,4-5,8-12,16H,3,6-7,14H2,1H3,(H2,28,29,30,31). The van der Waals surface area contributed by atoms with Gasteiger partial charge in [-0.15, -0.1) is 0 Å². The molecular formula is C24H22N6O3. The summed E-state index contributed by atoms with van der Waals surface area (Å²) in [5, 5.41) is 22.2. The first-order valence-electron chi connectivity index (χ1n) is 10.2. The van der Waals surface area contributed by atoms with Gasteiger partial charge in [0.25, 0.3) is 5.56 Å². The number of nitrogens with one attached hydrogen (secondary N) is 2. The van der Waals surface area contributed by atoms with Crippen molar-refractivity contribution < 1.29 is 9.47 Å². The predicted octanol–water partition coefficient (Wildman–Crippen LogP) is 3.84. The summed E-state index contributed by atoms with van der Waals surface area (Å²) in [5.74, 6) is 1.17. The zero-order valence-corrected chi connectivity index (χ0v) is 18.0. The van der Waals surface area contributed by atoms with Crippen molar-refractivity contribution in [2.24, 2.45) is 5.10 Å². The number of ether oxygens (including phenoxy) is 2. The topological polar surface area (TPSA) is 136 Å². The van der Waals surface area contributed by atoms with Crippen LogP contribution >= 0.6 is 0 Å². The monoisotopic (exact) mass is 442 g/mol. The lowest BCUT2D eigenvalue weighted by atomic mass is 10.1. The lowest BCUT2D eigenvalue weighted by Gasteiger charge is -2.13. The van der Waals surface area contributed by atoms with Crippen molar-refractivity contribution in [2.45, 2.75) is 19.3 Å². The highest BCUT2D eigenvalue weighted by molar-refractivity contribution is 5.85. The average Bonchev–Trinajstić information content (AvgIpc) is 2.84. The van der Waals surface area contributed by atoms with Crippen LogP contribution in [0.25, 0.3) is 11.3 Å². The van der Waals surface area contributed by atoms with Gasteiger partial charge in [0, 0.05) is 17.5 Å². The van der Waals surface area contributed by atoms with E-state index in [1.807, 2.05) is 18.2 Å². The van der Waals surface area contributed by atoms with Gasteiger partial charge in [-0.2, -0.15) is 15.6 Å². The molecule has 2 N–H and O–H groups in total. The molecule has 0 spiro atoms. The molecule has 0 atom stereocenters. The van der Waals surface area contributed by atoms with Crippen LogP contribution in [-0.4, -0.2) is 29.9 Å². The van der Waals surface area contributed by atoms with Crippen LogP contribution in [0.4, 0.5) is 5.95 Å². The molecule has 1 aromatic heterocycles. The van der Waals surface area contributed by atoms with Crippen molar-refractivity contribution in [1.82, 2.24) is 9.97 Å². The summed E-state index contributed by atoms with van der Waals surface area (Å²) >= 11 is 0. The maximum atomic E-state index is 12.4. The van der Waals surface area contributed by atoms with Gasteiger partial charge in [-0.3, -0.25) is 9.78 Å². The average molecular weight is 442 g/mol. The van der Waals surface area contributed by atoms with Gasteiger partial charge >= 0.3 is 0 Å². The van der Waals surface area contributed by atoms with Crippen molar-refractivity contribution in [3.05, 3.63) is 70.0 Å². The second-order valence-electron chi connectivity index (χ2n) is 6.83. The van der Waals surface area contributed by atoms with Crippen LogP contribution in [-0.2, 0) is 0 Å². The number of aromatic nitrogens is 2. The molecule has 0 radical (unpaired) electrons. The van der Waals surface area contributed by atoms with E-state index in [-0.39, 0.29) is 17.2 Å². The van der Waals surface area contributed by atoms with Gasteiger partial charge in [-0.25, -0.2) is 10.4 Å². The first-order chi connectivity index (χ1) is 16.2. The fraction of sp³-hybridized carbons (Fsp3) is 0.208. The van der Waals surface area contributed by atoms with Gasteiger partial charge in [0.1, 0.15) is 11.6 Å². The Balaban J connectivity index is 1.82. The summed E-state index contributed by atoms with van der Waals surface area (Å²) in [5.41, 5.74) is 3.63. The van der Waals surface area contributed by atoms with E-state index in [1.54, 1.807) is 43.5 Å². The van der Waals surface area contributed by atoms with Gasteiger partial charge < -0.3 is 9.47 Å². The van der Waals surface area contributed by atoms with E-state index in [0.29, 0.717) is 35.7 Å². The van der Waals surface area contributed by atoms with Crippen molar-refractivity contribution in [3.8, 4) is 34.9 Å². The van der Waals surface area contributed by atoms with Gasteiger partial charge in [0.15, 0.2) is 11.5 Å². The number of unbranched alkanes of at least 4 members (excludes halogenated alkanes) is 2. The molecule has 0 unspecified atom stereocenters. The van der Waals surface area contributed by atoms with E-state index >= 15 is 0 Å². The Morgan fingerprint density at radius 1 is 1.15 bits per heavy atom. The maximum absolute atomic E-state index is 12.4. The third-order valence-electron chi connectivity index (χ3n) is 4.61. The number of H-pyrrole nitrogens is 1. The normalized spacial score (nSPS) is 10.4. The second-order valence-corrected chi connectivity index (χ2v) is 6.83. The molecule has 166 valence electrons. The van der Waals surface area contributed by atoms with Crippen LogP contribution in [0.1, 0.15) is 30.4 Å². The minimum absolute atomic E-state index is 0.0735. The Morgan fingerprint density at radius 3 is 2.70 bits per heavy atom. The summed E-state index contributed by atoms with van der Waals surface area (Å²) in [6.45, 7) is 0.432. The van der Waals surface area contributed by atoms with E-state index in [4.69, 9.17) is 14.7 Å². The van der Waals surface area contributed by atoms with E-state index in [1.165, 1.54) is 6.21 Å². The fourth-order valence-corrected chi connectivity index (χ4v) is 3.03. The molecule has 0 amide bonds. The number of hydrogen-bond donors (Lipinski definition) is 2. The Bertz CT molecular complexity index is 1260. The van der Waals surface area contributed by atoms with E-state index in [9.17, 15) is 10.1 Å². The largest absolute Gasteiger partial charge is 0.493 e. The SMILES string of the molecule is COc1cccc(C=NNc2nc(-c3ccccc3)c(C#N)c(=O)[nH]2)c1OCCCCC#N. The van der Waals surface area contributed by atoms with E-state index in [0.717, 1.165) is 12.8 Å². The van der Waals surface area contributed by atoms with Crippen molar-refractivity contribution in [1.29, 1.82) is 10.5 Å². The molecule has 9 heteroatoms. The van der Waals surface area contributed by atoms with Crippen LogP contribution in [0, 0.1) is 22.7 Å². The number of anilines is 1. The molecule has 0 fully saturated rings. The van der Waals surface area contributed by atoms with Crippen molar-refractivity contribution in [3.63, 3.8) is 0 Å². The molecule has 0 saturated carbocycles. The van der Waals surface area contributed by atoms with Crippen LogP contribution in [0.5, 0.6) is 11.5 Å². The lowest BCUT2D eigenvalue weighted by Crippen LogP contribution is -2.16. The minimum atomic E-state index is -0.563. The van der Waals surface area contributed by atoms with Gasteiger partial charge in [0.05, 0.1) is 31.7 Å². The highest BCUT2D eigenvalue weighted by atomic mass is 16.5. The Kier molecular flexibility index (Phi) is 8.15. The molecule has 33 heavy (non-hydrogen) atoms. The lowest BCUT2D eigenvalue weighted by molar-refractivity contribution is 0.286. The quantitative estimate of drug-likeness (QED) is 0.276. The molecule has 0 aliphatic carbocycles. The first-order valence-corrected chi connectivity index (χ1v) is 10.2. The second kappa shape index (κ2) is 11.7. The van der Waals surface area contributed by atoms with Gasteiger partial charge in [0.2, 0.25) is 5.95 Å². The number of para-hydroxylation sites is 1. The molecule has 0 aliphatic heterocycles. The summed E-state index contributed by atoms with van der Waals surface area (Å²) in [6, 6.07) is 18.4. The molecular weight excluding hydrogens is 420 g/mol. The third kappa shape index (κ3) is 5.96. The summed E-state index contributed by atoms with van der Waals surface area (Å²) in [4.78, 5) is 19.2. The highest BCUT2D eigenvalue weighted by Crippen LogP contribution is 2.30. The molecule has 2 aromatic carbocycles. The van der Waals surface area contributed by atoms with Crippen LogP contribution in [0.3, 0.4) is 0 Å².